The van der Waals surface area contributed by atoms with Crippen LogP contribution >= 0.6 is 0 Å². The van der Waals surface area contributed by atoms with Crippen LogP contribution in [0.2, 0.25) is 0 Å². The van der Waals surface area contributed by atoms with Gasteiger partial charge in [-0.05, 0) is 36.9 Å². The van der Waals surface area contributed by atoms with Crippen LogP contribution in [-0.4, -0.2) is 44.2 Å². The van der Waals surface area contributed by atoms with Gasteiger partial charge >= 0.3 is 5.97 Å². The second kappa shape index (κ2) is 9.16. The van der Waals surface area contributed by atoms with Crippen LogP contribution in [0, 0.1) is 17.2 Å². The van der Waals surface area contributed by atoms with Gasteiger partial charge in [-0.3, -0.25) is 4.79 Å². The van der Waals surface area contributed by atoms with Crippen LogP contribution in [0.5, 0.6) is 5.75 Å². The van der Waals surface area contributed by atoms with Crippen molar-refractivity contribution in [3.8, 4) is 11.8 Å². The van der Waals surface area contributed by atoms with E-state index in [1.807, 2.05) is 18.2 Å². The van der Waals surface area contributed by atoms with Crippen LogP contribution in [0.3, 0.4) is 0 Å². The third-order valence-corrected chi connectivity index (χ3v) is 4.21. The Hall–Kier alpha value is -2.06. The molecule has 0 N–H and O–H groups in total. The van der Waals surface area contributed by atoms with Gasteiger partial charge in [0.05, 0.1) is 26.2 Å². The number of nitrogens with zero attached hydrogens (tertiary/aromatic N) is 2. The van der Waals surface area contributed by atoms with E-state index < -0.39 is 0 Å². The lowest BCUT2D eigenvalue weighted by atomic mass is 9.94. The predicted octanol–water partition coefficient (Wildman–Crippen LogP) is 2.41. The van der Waals surface area contributed by atoms with Crippen LogP contribution in [-0.2, 0) is 16.0 Å². The van der Waals surface area contributed by atoms with E-state index in [1.165, 1.54) is 12.7 Å². The largest absolute Gasteiger partial charge is 0.493 e. The minimum atomic E-state index is -0.207. The number of carbonyl (C=O) groups is 1. The molecule has 0 bridgehead atoms. The van der Waals surface area contributed by atoms with E-state index in [0.29, 0.717) is 31.8 Å². The summed E-state index contributed by atoms with van der Waals surface area (Å²) in [7, 11) is 1.40. The molecule has 0 saturated heterocycles. The molecule has 1 unspecified atom stereocenters. The maximum atomic E-state index is 11.3. The molecule has 23 heavy (non-hydrogen) atoms. The number of benzene rings is 1. The standard InChI is InChI=1S/C18H24N2O3/c1-22-18(21)8-12-20(10-4-9-19)11-7-15-13-16-5-2-3-6-17(16)23-14-15/h2-3,5-6,15H,4,7-8,10-14H2,1H3. The Morgan fingerprint density at radius 2 is 2.22 bits per heavy atom. The minimum Gasteiger partial charge on any atom is -0.493 e. The van der Waals surface area contributed by atoms with Gasteiger partial charge in [0.1, 0.15) is 5.75 Å². The number of para-hydroxylation sites is 1. The highest BCUT2D eigenvalue weighted by atomic mass is 16.5. The molecule has 0 radical (unpaired) electrons. The Kier molecular flexibility index (Phi) is 6.89. The Morgan fingerprint density at radius 1 is 1.39 bits per heavy atom. The van der Waals surface area contributed by atoms with Crippen molar-refractivity contribution in [1.29, 1.82) is 5.26 Å². The number of fused-ring (bicyclic) bond motifs is 1. The summed E-state index contributed by atoms with van der Waals surface area (Å²) in [6, 6.07) is 10.3. The van der Waals surface area contributed by atoms with Crippen molar-refractivity contribution in [2.75, 3.05) is 33.4 Å². The zero-order valence-electron chi connectivity index (χ0n) is 13.7. The molecule has 5 heteroatoms. The van der Waals surface area contributed by atoms with E-state index in [1.54, 1.807) is 0 Å². The zero-order valence-corrected chi connectivity index (χ0v) is 13.7. The van der Waals surface area contributed by atoms with E-state index in [-0.39, 0.29) is 5.97 Å². The number of nitriles is 1. The molecule has 5 nitrogen and oxygen atoms in total. The Morgan fingerprint density at radius 3 is 3.00 bits per heavy atom. The summed E-state index contributed by atoms with van der Waals surface area (Å²) < 4.78 is 10.5. The van der Waals surface area contributed by atoms with Gasteiger partial charge in [-0.2, -0.15) is 5.26 Å². The summed E-state index contributed by atoms with van der Waals surface area (Å²) in [6.45, 7) is 2.94. The van der Waals surface area contributed by atoms with Gasteiger partial charge in [-0.25, -0.2) is 0 Å². The lowest BCUT2D eigenvalue weighted by Gasteiger charge is -2.28. The van der Waals surface area contributed by atoms with E-state index >= 15 is 0 Å². The first kappa shape index (κ1) is 17.3. The van der Waals surface area contributed by atoms with Crippen LogP contribution in [0.15, 0.2) is 24.3 Å². The fourth-order valence-corrected chi connectivity index (χ4v) is 2.84. The highest BCUT2D eigenvalue weighted by Crippen LogP contribution is 2.28. The van der Waals surface area contributed by atoms with Crippen molar-refractivity contribution in [1.82, 2.24) is 4.90 Å². The molecule has 0 fully saturated rings. The Labute approximate surface area is 137 Å². The number of esters is 1. The Balaban J connectivity index is 1.81. The van der Waals surface area contributed by atoms with E-state index in [0.717, 1.165) is 31.7 Å². The molecule has 1 aromatic carbocycles. The quantitative estimate of drug-likeness (QED) is 0.689. The molecule has 1 aliphatic heterocycles. The average Bonchev–Trinajstić information content (AvgIpc) is 2.60. The number of hydrogen-bond donors (Lipinski definition) is 0. The monoisotopic (exact) mass is 316 g/mol. The first-order chi connectivity index (χ1) is 11.2. The number of carbonyl (C=O) groups excluding carboxylic acids is 1. The van der Waals surface area contributed by atoms with E-state index in [9.17, 15) is 4.79 Å². The van der Waals surface area contributed by atoms with Crippen molar-refractivity contribution < 1.29 is 14.3 Å². The molecular formula is C18H24N2O3. The second-order valence-corrected chi connectivity index (χ2v) is 5.85. The molecule has 1 aliphatic rings. The molecule has 1 atom stereocenters. The third-order valence-electron chi connectivity index (χ3n) is 4.21. The van der Waals surface area contributed by atoms with Crippen molar-refractivity contribution >= 4 is 5.97 Å². The third kappa shape index (κ3) is 5.57. The first-order valence-corrected chi connectivity index (χ1v) is 8.09. The van der Waals surface area contributed by atoms with Crippen LogP contribution in [0.1, 0.15) is 24.8 Å². The van der Waals surface area contributed by atoms with Gasteiger partial charge in [0, 0.05) is 19.5 Å². The smallest absolute Gasteiger partial charge is 0.306 e. The lowest BCUT2D eigenvalue weighted by Crippen LogP contribution is -2.32. The predicted molar refractivity (Wildman–Crippen MR) is 87.1 cm³/mol. The number of rotatable bonds is 8. The fourth-order valence-electron chi connectivity index (χ4n) is 2.84. The molecule has 0 amide bonds. The van der Waals surface area contributed by atoms with E-state index in [4.69, 9.17) is 10.00 Å². The summed E-state index contributed by atoms with van der Waals surface area (Å²) in [4.78, 5) is 13.5. The molecule has 0 aromatic heterocycles. The molecule has 1 aromatic rings. The molecule has 2 rings (SSSR count). The molecule has 1 heterocycles. The highest BCUT2D eigenvalue weighted by Gasteiger charge is 2.20. The van der Waals surface area contributed by atoms with Gasteiger partial charge in [0.25, 0.3) is 0 Å². The van der Waals surface area contributed by atoms with Crippen molar-refractivity contribution in [2.24, 2.45) is 5.92 Å². The van der Waals surface area contributed by atoms with Crippen LogP contribution in [0.25, 0.3) is 0 Å². The number of hydrogen-bond acceptors (Lipinski definition) is 5. The van der Waals surface area contributed by atoms with Crippen molar-refractivity contribution in [2.45, 2.75) is 25.7 Å². The summed E-state index contributed by atoms with van der Waals surface area (Å²) in [5.41, 5.74) is 1.27. The second-order valence-electron chi connectivity index (χ2n) is 5.85. The van der Waals surface area contributed by atoms with Gasteiger partial charge < -0.3 is 14.4 Å². The minimum absolute atomic E-state index is 0.207. The van der Waals surface area contributed by atoms with Gasteiger partial charge in [0.2, 0.25) is 0 Å². The highest BCUT2D eigenvalue weighted by molar-refractivity contribution is 5.69. The molecule has 0 spiro atoms. The Bertz CT molecular complexity index is 553. The van der Waals surface area contributed by atoms with Gasteiger partial charge in [0.15, 0.2) is 0 Å². The van der Waals surface area contributed by atoms with E-state index in [2.05, 4.69) is 21.8 Å². The topological polar surface area (TPSA) is 62.6 Å². The maximum absolute atomic E-state index is 11.3. The maximum Gasteiger partial charge on any atom is 0.306 e. The fraction of sp³-hybridized carbons (Fsp3) is 0.556. The summed E-state index contributed by atoms with van der Waals surface area (Å²) >= 11 is 0. The number of ether oxygens (including phenoxy) is 2. The van der Waals surface area contributed by atoms with Crippen molar-refractivity contribution in [3.05, 3.63) is 29.8 Å². The molecular weight excluding hydrogens is 292 g/mol. The summed E-state index contributed by atoms with van der Waals surface area (Å²) in [6.07, 6.45) is 2.87. The number of methoxy groups -OCH3 is 1. The first-order valence-electron chi connectivity index (χ1n) is 8.09. The normalized spacial score (nSPS) is 16.3. The SMILES string of the molecule is COC(=O)CCN(CCC#N)CCC1COc2ccccc2C1. The van der Waals surface area contributed by atoms with Gasteiger partial charge in [-0.1, -0.05) is 18.2 Å². The molecule has 0 aliphatic carbocycles. The average molecular weight is 316 g/mol. The van der Waals surface area contributed by atoms with Crippen molar-refractivity contribution in [3.63, 3.8) is 0 Å². The molecule has 0 saturated carbocycles. The summed E-state index contributed by atoms with van der Waals surface area (Å²) in [5.74, 6) is 1.27. The van der Waals surface area contributed by atoms with Crippen LogP contribution in [0.4, 0.5) is 0 Å². The van der Waals surface area contributed by atoms with Gasteiger partial charge in [-0.15, -0.1) is 0 Å². The zero-order chi connectivity index (χ0) is 16.5. The summed E-state index contributed by atoms with van der Waals surface area (Å²) in [5, 5.41) is 8.78. The lowest BCUT2D eigenvalue weighted by molar-refractivity contribution is -0.141. The van der Waals surface area contributed by atoms with Crippen LogP contribution < -0.4 is 4.74 Å². The molecule has 124 valence electrons.